The van der Waals surface area contributed by atoms with Crippen molar-refractivity contribution in [3.05, 3.63) is 34.2 Å². The first-order valence-corrected chi connectivity index (χ1v) is 10.3. The number of carbonyl (C=O) groups excluding carboxylic acids is 2. The first-order valence-electron chi connectivity index (χ1n) is 8.40. The number of β-lactam (4-membered cyclic amide) rings is 1. The summed E-state index contributed by atoms with van der Waals surface area (Å²) in [4.78, 5) is 31.4. The summed E-state index contributed by atoms with van der Waals surface area (Å²) in [6, 6.07) is -0.298. The van der Waals surface area contributed by atoms with Crippen LogP contribution in [0.2, 0.25) is 0 Å². The standard InChI is InChI=1S/C17H19N3O4S2.Na/c1-8-13-12(9(2)21)16(22)20(13)14(17(23)24)15(8)26-5-3-10-18-7-11-19(10)4-6-25-11;/h4,6-9,12-13,21H,3,5H2,1-2H3,(H,23,24);/q;+1/p-1/t8-,9?,12?,13?;/m1./s1. The predicted octanol–water partition coefficient (Wildman–Crippen LogP) is -2.51. The van der Waals surface area contributed by atoms with Gasteiger partial charge in [-0.05, 0) is 6.92 Å². The van der Waals surface area contributed by atoms with Gasteiger partial charge in [0.25, 0.3) is 0 Å². The molecule has 4 rings (SSSR count). The minimum atomic E-state index is -1.33. The minimum Gasteiger partial charge on any atom is -0.543 e. The summed E-state index contributed by atoms with van der Waals surface area (Å²) in [6.07, 6.45) is 3.68. The monoisotopic (exact) mass is 415 g/mol. The summed E-state index contributed by atoms with van der Waals surface area (Å²) >= 11 is 3.05. The molecule has 0 radical (unpaired) electrons. The minimum absolute atomic E-state index is 0. The maximum Gasteiger partial charge on any atom is 1.00 e. The van der Waals surface area contributed by atoms with E-state index in [0.29, 0.717) is 17.1 Å². The first kappa shape index (κ1) is 20.9. The van der Waals surface area contributed by atoms with Gasteiger partial charge >= 0.3 is 29.6 Å². The molecule has 27 heavy (non-hydrogen) atoms. The number of carboxylic acids is 1. The van der Waals surface area contributed by atoms with Gasteiger partial charge in [0.15, 0.2) is 0 Å². The van der Waals surface area contributed by atoms with Crippen molar-refractivity contribution in [2.75, 3.05) is 5.75 Å². The number of amides is 1. The number of aromatic nitrogens is 2. The van der Waals surface area contributed by atoms with Crippen LogP contribution in [-0.2, 0) is 16.0 Å². The van der Waals surface area contributed by atoms with Crippen molar-refractivity contribution in [3.63, 3.8) is 0 Å². The Bertz CT molecular complexity index is 922. The molecule has 1 fully saturated rings. The zero-order chi connectivity index (χ0) is 18.6. The van der Waals surface area contributed by atoms with E-state index in [2.05, 4.69) is 4.98 Å². The number of hydrogen-bond acceptors (Lipinski definition) is 7. The third-order valence-electron chi connectivity index (χ3n) is 5.12. The molecule has 1 saturated heterocycles. The Kier molecular flexibility index (Phi) is 6.10. The van der Waals surface area contributed by atoms with E-state index in [-0.39, 0.29) is 53.1 Å². The Morgan fingerprint density at radius 1 is 1.52 bits per heavy atom. The molecule has 10 heteroatoms. The van der Waals surface area contributed by atoms with Crippen LogP contribution in [0.3, 0.4) is 0 Å². The van der Waals surface area contributed by atoms with Crippen molar-refractivity contribution >= 4 is 39.8 Å². The number of thioether (sulfide) groups is 1. The Morgan fingerprint density at radius 2 is 2.26 bits per heavy atom. The van der Waals surface area contributed by atoms with Crippen molar-refractivity contribution in [3.8, 4) is 0 Å². The van der Waals surface area contributed by atoms with Crippen molar-refractivity contribution in [2.45, 2.75) is 32.4 Å². The van der Waals surface area contributed by atoms with Gasteiger partial charge in [-0.3, -0.25) is 9.20 Å². The number of hydrogen-bond donors (Lipinski definition) is 1. The molecule has 4 atom stereocenters. The third kappa shape index (κ3) is 3.28. The van der Waals surface area contributed by atoms with Gasteiger partial charge in [-0.2, -0.15) is 0 Å². The van der Waals surface area contributed by atoms with E-state index in [4.69, 9.17) is 0 Å². The van der Waals surface area contributed by atoms with E-state index < -0.39 is 18.0 Å². The van der Waals surface area contributed by atoms with Crippen molar-refractivity contribution < 1.29 is 49.4 Å². The maximum absolute atomic E-state index is 12.3. The molecule has 0 bridgehead atoms. The van der Waals surface area contributed by atoms with Crippen LogP contribution in [0.4, 0.5) is 0 Å². The van der Waals surface area contributed by atoms with Gasteiger partial charge in [0.1, 0.15) is 10.7 Å². The summed E-state index contributed by atoms with van der Waals surface area (Å²) in [7, 11) is 0. The number of rotatable bonds is 6. The summed E-state index contributed by atoms with van der Waals surface area (Å²) in [5, 5.41) is 23.5. The molecule has 0 aromatic carbocycles. The van der Waals surface area contributed by atoms with E-state index >= 15 is 0 Å². The van der Waals surface area contributed by atoms with Crippen LogP contribution in [0.25, 0.3) is 4.83 Å². The molecule has 1 N–H and O–H groups in total. The van der Waals surface area contributed by atoms with Crippen LogP contribution < -0.4 is 34.7 Å². The quantitative estimate of drug-likeness (QED) is 0.414. The fourth-order valence-electron chi connectivity index (χ4n) is 3.93. The van der Waals surface area contributed by atoms with Gasteiger partial charge in [-0.15, -0.1) is 23.1 Å². The fraction of sp³-hybridized carbons (Fsp3) is 0.471. The number of imidazole rings is 1. The molecule has 7 nitrogen and oxygen atoms in total. The van der Waals surface area contributed by atoms with Crippen LogP contribution in [0.5, 0.6) is 0 Å². The number of carbonyl (C=O) groups is 2. The molecular formula is C17H18N3NaO4S2. The number of aliphatic carboxylic acids is 1. The molecule has 1 amide bonds. The van der Waals surface area contributed by atoms with E-state index in [1.165, 1.54) is 16.7 Å². The van der Waals surface area contributed by atoms with Gasteiger partial charge in [-0.25, -0.2) is 4.98 Å². The fourth-order valence-corrected chi connectivity index (χ4v) is 5.87. The SMILES string of the molecule is CC(O)C1C(=O)N2C(C(=O)[O-])=C(SCCc3ncc4sccn34)[C@H](C)C12.[Na+]. The molecule has 4 heterocycles. The van der Waals surface area contributed by atoms with Crippen LogP contribution >= 0.6 is 23.1 Å². The molecular weight excluding hydrogens is 397 g/mol. The Morgan fingerprint density at radius 3 is 2.93 bits per heavy atom. The Labute approximate surface area is 186 Å². The molecule has 0 spiro atoms. The van der Waals surface area contributed by atoms with E-state index in [1.807, 2.05) is 29.1 Å². The molecule has 3 unspecified atom stereocenters. The molecule has 2 aromatic heterocycles. The van der Waals surface area contributed by atoms with Gasteiger partial charge in [0, 0.05) is 34.6 Å². The smallest absolute Gasteiger partial charge is 0.543 e. The molecule has 0 aliphatic carbocycles. The number of nitrogens with zero attached hydrogens (tertiary/aromatic N) is 3. The largest absolute Gasteiger partial charge is 1.00 e. The zero-order valence-electron chi connectivity index (χ0n) is 15.3. The van der Waals surface area contributed by atoms with Gasteiger partial charge in [0.05, 0.1) is 35.9 Å². The molecule has 2 aromatic rings. The van der Waals surface area contributed by atoms with Crippen LogP contribution in [0, 0.1) is 11.8 Å². The second kappa shape index (κ2) is 7.88. The van der Waals surface area contributed by atoms with Gasteiger partial charge in [0.2, 0.25) is 5.91 Å². The molecule has 2 aliphatic rings. The van der Waals surface area contributed by atoms with Crippen LogP contribution in [0.1, 0.15) is 19.7 Å². The van der Waals surface area contributed by atoms with E-state index in [1.54, 1.807) is 18.3 Å². The second-order valence-corrected chi connectivity index (χ2v) is 8.70. The Balaban J connectivity index is 0.00000210. The Hall–Kier alpha value is -0.840. The number of thiazole rings is 1. The maximum atomic E-state index is 12.3. The summed E-state index contributed by atoms with van der Waals surface area (Å²) in [5.74, 6) is -0.766. The van der Waals surface area contributed by atoms with E-state index in [9.17, 15) is 19.8 Å². The third-order valence-corrected chi connectivity index (χ3v) is 7.21. The first-order chi connectivity index (χ1) is 12.4. The number of aliphatic hydroxyl groups excluding tert-OH is 1. The average molecular weight is 415 g/mol. The average Bonchev–Trinajstić information content (AvgIpc) is 3.22. The molecule has 138 valence electrons. The predicted molar refractivity (Wildman–Crippen MR) is 96.2 cm³/mol. The van der Waals surface area contributed by atoms with Crippen molar-refractivity contribution in [1.82, 2.24) is 14.3 Å². The summed E-state index contributed by atoms with van der Waals surface area (Å²) in [6.45, 7) is 3.48. The number of aryl methyl sites for hydroxylation is 1. The topological polar surface area (TPSA) is 98.0 Å². The number of aliphatic hydroxyl groups is 1. The normalized spacial score (nSPS) is 25.4. The van der Waals surface area contributed by atoms with Gasteiger partial charge in [-0.1, -0.05) is 6.92 Å². The molecule has 2 aliphatic heterocycles. The summed E-state index contributed by atoms with van der Waals surface area (Å²) < 4.78 is 2.03. The zero-order valence-corrected chi connectivity index (χ0v) is 18.9. The number of carboxylic acid groups (broad SMARTS) is 1. The van der Waals surface area contributed by atoms with Gasteiger partial charge < -0.3 is 19.9 Å². The number of fused-ring (bicyclic) bond motifs is 2. The van der Waals surface area contributed by atoms with Crippen molar-refractivity contribution in [2.24, 2.45) is 11.8 Å². The molecule has 0 saturated carbocycles. The summed E-state index contributed by atoms with van der Waals surface area (Å²) in [5.41, 5.74) is -0.0294. The second-order valence-electron chi connectivity index (χ2n) is 6.64. The van der Waals surface area contributed by atoms with Crippen LogP contribution in [-0.4, -0.2) is 49.2 Å². The van der Waals surface area contributed by atoms with Crippen LogP contribution in [0.15, 0.2) is 28.4 Å². The van der Waals surface area contributed by atoms with Crippen molar-refractivity contribution in [1.29, 1.82) is 0 Å². The van der Waals surface area contributed by atoms with E-state index in [0.717, 1.165) is 10.7 Å².